The molecule has 0 aliphatic heterocycles. The number of nitrogens with one attached hydrogen (secondary N) is 2. The predicted octanol–water partition coefficient (Wildman–Crippen LogP) is 2.34. The number of methoxy groups -OCH3 is 1. The lowest BCUT2D eigenvalue weighted by Crippen LogP contribution is -2.27. The number of H-pyrrole nitrogens is 1. The molecule has 0 spiro atoms. The van der Waals surface area contributed by atoms with Crippen molar-refractivity contribution >= 4 is 16.8 Å². The summed E-state index contributed by atoms with van der Waals surface area (Å²) in [7, 11) is 3.51. The van der Waals surface area contributed by atoms with Gasteiger partial charge in [0, 0.05) is 61.3 Å². The standard InChI is InChI=1S/C20H20N6O2/c1-26-8-6-15-17(26)9-16(13-3-4-18(28-2)23-10-13)25-19(15)20(27)22-7-5-14-11-21-12-24-14/h3-4,6,8-12H,5,7H2,1-2H3,(H,21,24)(H,22,27). The first-order valence-corrected chi connectivity index (χ1v) is 8.87. The van der Waals surface area contributed by atoms with Crippen LogP contribution in [0.1, 0.15) is 16.2 Å². The van der Waals surface area contributed by atoms with E-state index in [-0.39, 0.29) is 5.91 Å². The van der Waals surface area contributed by atoms with Gasteiger partial charge in [-0.3, -0.25) is 4.79 Å². The van der Waals surface area contributed by atoms with Crippen molar-refractivity contribution in [2.75, 3.05) is 13.7 Å². The minimum atomic E-state index is -0.209. The lowest BCUT2D eigenvalue weighted by molar-refractivity contribution is 0.0951. The summed E-state index contributed by atoms with van der Waals surface area (Å²) in [5, 5.41) is 3.75. The molecule has 0 atom stereocenters. The van der Waals surface area contributed by atoms with Crippen LogP contribution in [0.15, 0.2) is 49.2 Å². The van der Waals surface area contributed by atoms with Crippen molar-refractivity contribution in [3.63, 3.8) is 0 Å². The number of hydrogen-bond donors (Lipinski definition) is 2. The Morgan fingerprint density at radius 2 is 2.18 bits per heavy atom. The highest BCUT2D eigenvalue weighted by Crippen LogP contribution is 2.26. The molecule has 0 aromatic carbocycles. The van der Waals surface area contributed by atoms with E-state index in [0.29, 0.717) is 30.2 Å². The molecule has 0 bridgehead atoms. The van der Waals surface area contributed by atoms with Crippen LogP contribution in [0, 0.1) is 0 Å². The minimum absolute atomic E-state index is 0.209. The number of carbonyl (C=O) groups is 1. The lowest BCUT2D eigenvalue weighted by atomic mass is 10.1. The molecule has 4 aromatic rings. The maximum Gasteiger partial charge on any atom is 0.270 e. The van der Waals surface area contributed by atoms with Gasteiger partial charge in [-0.25, -0.2) is 15.0 Å². The average molecular weight is 376 g/mol. The predicted molar refractivity (Wildman–Crippen MR) is 105 cm³/mol. The molecule has 4 aromatic heterocycles. The third-order valence-electron chi connectivity index (χ3n) is 4.57. The van der Waals surface area contributed by atoms with Crippen LogP contribution in [0.3, 0.4) is 0 Å². The van der Waals surface area contributed by atoms with E-state index in [1.165, 1.54) is 0 Å². The maximum absolute atomic E-state index is 12.8. The molecule has 8 nitrogen and oxygen atoms in total. The van der Waals surface area contributed by atoms with E-state index in [2.05, 4.69) is 25.3 Å². The molecule has 2 N–H and O–H groups in total. The summed E-state index contributed by atoms with van der Waals surface area (Å²) in [6.45, 7) is 0.491. The third-order valence-corrected chi connectivity index (χ3v) is 4.57. The number of hydrogen-bond acceptors (Lipinski definition) is 5. The number of aromatic amines is 1. The Balaban J connectivity index is 1.65. The van der Waals surface area contributed by atoms with Gasteiger partial charge in [0.15, 0.2) is 0 Å². The van der Waals surface area contributed by atoms with Gasteiger partial charge in [0.2, 0.25) is 5.88 Å². The largest absolute Gasteiger partial charge is 0.481 e. The molecule has 0 unspecified atom stereocenters. The van der Waals surface area contributed by atoms with Gasteiger partial charge >= 0.3 is 0 Å². The van der Waals surface area contributed by atoms with Crippen molar-refractivity contribution < 1.29 is 9.53 Å². The number of pyridine rings is 2. The molecule has 8 heteroatoms. The third kappa shape index (κ3) is 3.44. The molecular formula is C20H20N6O2. The second-order valence-electron chi connectivity index (χ2n) is 6.39. The summed E-state index contributed by atoms with van der Waals surface area (Å²) < 4.78 is 7.08. The lowest BCUT2D eigenvalue weighted by Gasteiger charge is -2.09. The SMILES string of the molecule is COc1ccc(-c2cc3c(ccn3C)c(C(=O)NCCc3cnc[nH]3)n2)cn1. The molecule has 142 valence electrons. The summed E-state index contributed by atoms with van der Waals surface area (Å²) in [5.74, 6) is 0.319. The van der Waals surface area contributed by atoms with Crippen LogP contribution in [-0.4, -0.2) is 44.1 Å². The Labute approximate surface area is 161 Å². The van der Waals surface area contributed by atoms with Gasteiger partial charge in [0.05, 0.1) is 24.6 Å². The summed E-state index contributed by atoms with van der Waals surface area (Å²) in [6, 6.07) is 7.52. The normalized spacial score (nSPS) is 10.9. The molecule has 28 heavy (non-hydrogen) atoms. The number of ether oxygens (including phenoxy) is 1. The fraction of sp³-hybridized carbons (Fsp3) is 0.200. The summed E-state index contributed by atoms with van der Waals surface area (Å²) in [6.07, 6.45) is 7.65. The number of carbonyl (C=O) groups excluding carboxylic acids is 1. The van der Waals surface area contributed by atoms with Crippen LogP contribution < -0.4 is 10.1 Å². The van der Waals surface area contributed by atoms with Gasteiger partial charge in [-0.15, -0.1) is 0 Å². The maximum atomic E-state index is 12.8. The summed E-state index contributed by atoms with van der Waals surface area (Å²) >= 11 is 0. The van der Waals surface area contributed by atoms with E-state index >= 15 is 0 Å². The quantitative estimate of drug-likeness (QED) is 0.538. The Morgan fingerprint density at radius 1 is 1.29 bits per heavy atom. The smallest absolute Gasteiger partial charge is 0.270 e. The van der Waals surface area contributed by atoms with Crippen molar-refractivity contribution in [1.29, 1.82) is 0 Å². The number of amides is 1. The first-order valence-electron chi connectivity index (χ1n) is 8.87. The molecule has 0 aliphatic rings. The zero-order valence-corrected chi connectivity index (χ0v) is 15.6. The van der Waals surface area contributed by atoms with E-state index in [1.54, 1.807) is 31.9 Å². The highest BCUT2D eigenvalue weighted by molar-refractivity contribution is 6.05. The number of rotatable bonds is 6. The topological polar surface area (TPSA) is 97.7 Å². The molecule has 0 aliphatic carbocycles. The molecule has 4 rings (SSSR count). The van der Waals surface area contributed by atoms with E-state index in [1.807, 2.05) is 36.0 Å². The number of aromatic nitrogens is 5. The summed E-state index contributed by atoms with van der Waals surface area (Å²) in [4.78, 5) is 28.7. The van der Waals surface area contributed by atoms with Crippen LogP contribution >= 0.6 is 0 Å². The van der Waals surface area contributed by atoms with Crippen LogP contribution in [0.25, 0.3) is 22.2 Å². The van der Waals surface area contributed by atoms with Crippen LogP contribution in [0.5, 0.6) is 5.88 Å². The van der Waals surface area contributed by atoms with Crippen molar-refractivity contribution in [1.82, 2.24) is 29.8 Å². The molecule has 0 saturated carbocycles. The van der Waals surface area contributed by atoms with Gasteiger partial charge in [0.25, 0.3) is 5.91 Å². The van der Waals surface area contributed by atoms with Crippen molar-refractivity contribution in [2.24, 2.45) is 7.05 Å². The minimum Gasteiger partial charge on any atom is -0.481 e. The second kappa shape index (κ2) is 7.51. The van der Waals surface area contributed by atoms with E-state index in [4.69, 9.17) is 4.74 Å². The second-order valence-corrected chi connectivity index (χ2v) is 6.39. The highest BCUT2D eigenvalue weighted by Gasteiger charge is 2.16. The number of imidazole rings is 1. The highest BCUT2D eigenvalue weighted by atomic mass is 16.5. The Bertz CT molecular complexity index is 1100. The number of nitrogens with zero attached hydrogens (tertiary/aromatic N) is 4. The van der Waals surface area contributed by atoms with Crippen molar-refractivity contribution in [2.45, 2.75) is 6.42 Å². The average Bonchev–Trinajstić information content (AvgIpc) is 3.37. The number of fused-ring (bicyclic) bond motifs is 1. The first-order chi connectivity index (χ1) is 13.7. The van der Waals surface area contributed by atoms with E-state index < -0.39 is 0 Å². The fourth-order valence-electron chi connectivity index (χ4n) is 3.05. The molecule has 4 heterocycles. The van der Waals surface area contributed by atoms with E-state index in [0.717, 1.165) is 22.2 Å². The first kappa shape index (κ1) is 17.7. The van der Waals surface area contributed by atoms with Crippen molar-refractivity contribution in [3.05, 3.63) is 60.6 Å². The Kier molecular flexibility index (Phi) is 4.76. The van der Waals surface area contributed by atoms with Gasteiger partial charge in [-0.1, -0.05) is 0 Å². The van der Waals surface area contributed by atoms with Crippen LogP contribution in [0.2, 0.25) is 0 Å². The monoisotopic (exact) mass is 376 g/mol. The van der Waals surface area contributed by atoms with Crippen molar-refractivity contribution in [3.8, 4) is 17.1 Å². The van der Waals surface area contributed by atoms with Gasteiger partial charge in [-0.05, 0) is 18.2 Å². The molecule has 0 fully saturated rings. The molecular weight excluding hydrogens is 356 g/mol. The number of aryl methyl sites for hydroxylation is 1. The Morgan fingerprint density at radius 3 is 2.89 bits per heavy atom. The zero-order chi connectivity index (χ0) is 19.5. The molecule has 0 radical (unpaired) electrons. The van der Waals surface area contributed by atoms with Gasteiger partial charge in [-0.2, -0.15) is 0 Å². The molecule has 0 saturated heterocycles. The van der Waals surface area contributed by atoms with Gasteiger partial charge < -0.3 is 19.6 Å². The van der Waals surface area contributed by atoms with E-state index in [9.17, 15) is 4.79 Å². The van der Waals surface area contributed by atoms with Gasteiger partial charge in [0.1, 0.15) is 5.69 Å². The fourth-order valence-corrected chi connectivity index (χ4v) is 3.05. The van der Waals surface area contributed by atoms with Crippen LogP contribution in [-0.2, 0) is 13.5 Å². The molecule has 1 amide bonds. The van der Waals surface area contributed by atoms with Crippen LogP contribution in [0.4, 0.5) is 0 Å². The summed E-state index contributed by atoms with van der Waals surface area (Å²) in [5.41, 5.74) is 3.79. The zero-order valence-electron chi connectivity index (χ0n) is 15.6. The Hall–Kier alpha value is -3.68.